The van der Waals surface area contributed by atoms with Crippen molar-refractivity contribution < 1.29 is 4.74 Å². The molecule has 0 bridgehead atoms. The molecular formula is C22H27N5O2S. The monoisotopic (exact) mass is 425 g/mol. The molecule has 0 aliphatic carbocycles. The number of nitrogens with zero attached hydrogens (tertiary/aromatic N) is 2. The molecule has 3 N–H and O–H groups in total. The van der Waals surface area contributed by atoms with Crippen LogP contribution in [0.3, 0.4) is 0 Å². The van der Waals surface area contributed by atoms with Gasteiger partial charge in [0.05, 0.1) is 23.8 Å². The Morgan fingerprint density at radius 3 is 2.70 bits per heavy atom. The highest BCUT2D eigenvalue weighted by Gasteiger charge is 2.23. The standard InChI is InChI=1S/C22H27N5O2S/c1-29-20-9-5-3-7-18(20)24-21(30)23-12-15-26-13-10-16(11-14-26)27-19-8-4-2-6-17(19)25-22(27)28/h2-9,16H,10-15H2,1H3,(H,25,28)(H2,23,24,30). The normalized spacial score (nSPS) is 15.2. The van der Waals surface area contributed by atoms with Gasteiger partial charge in [-0.15, -0.1) is 0 Å². The third-order valence-corrected chi connectivity index (χ3v) is 5.86. The Bertz CT molecular complexity index is 1070. The Morgan fingerprint density at radius 2 is 1.90 bits per heavy atom. The van der Waals surface area contributed by atoms with E-state index < -0.39 is 0 Å². The molecule has 3 aromatic rings. The molecule has 0 amide bonds. The number of benzene rings is 2. The highest BCUT2D eigenvalue weighted by molar-refractivity contribution is 7.80. The summed E-state index contributed by atoms with van der Waals surface area (Å²) in [5.74, 6) is 0.760. The number of piperidine rings is 1. The van der Waals surface area contributed by atoms with Gasteiger partial charge in [-0.05, 0) is 49.3 Å². The number of para-hydroxylation sites is 4. The molecule has 0 spiro atoms. The van der Waals surface area contributed by atoms with Crippen molar-refractivity contribution in [3.05, 3.63) is 59.0 Å². The van der Waals surface area contributed by atoms with Crippen LogP contribution >= 0.6 is 12.2 Å². The average Bonchev–Trinajstić information content (AvgIpc) is 3.10. The second-order valence-corrected chi connectivity index (χ2v) is 7.88. The summed E-state index contributed by atoms with van der Waals surface area (Å²) in [5, 5.41) is 7.03. The van der Waals surface area contributed by atoms with E-state index in [1.165, 1.54) is 0 Å². The fourth-order valence-electron chi connectivity index (χ4n) is 4.08. The number of hydrogen-bond donors (Lipinski definition) is 3. The maximum Gasteiger partial charge on any atom is 0.326 e. The molecule has 0 unspecified atom stereocenters. The molecule has 1 fully saturated rings. The van der Waals surface area contributed by atoms with E-state index in [9.17, 15) is 4.79 Å². The summed E-state index contributed by atoms with van der Waals surface area (Å²) in [6, 6.07) is 15.8. The van der Waals surface area contributed by atoms with Gasteiger partial charge in [-0.1, -0.05) is 24.3 Å². The third kappa shape index (κ3) is 4.49. The van der Waals surface area contributed by atoms with Gasteiger partial charge in [0.15, 0.2) is 5.11 Å². The van der Waals surface area contributed by atoms with Crippen molar-refractivity contribution in [1.82, 2.24) is 19.8 Å². The molecule has 1 aliphatic rings. The maximum atomic E-state index is 12.4. The molecule has 1 saturated heterocycles. The molecule has 0 radical (unpaired) electrons. The molecular weight excluding hydrogens is 398 g/mol. The number of fused-ring (bicyclic) bond motifs is 1. The van der Waals surface area contributed by atoms with E-state index in [4.69, 9.17) is 17.0 Å². The van der Waals surface area contributed by atoms with E-state index in [1.807, 2.05) is 53.1 Å². The second kappa shape index (κ2) is 9.32. The van der Waals surface area contributed by atoms with E-state index in [2.05, 4.69) is 20.5 Å². The SMILES string of the molecule is COc1ccccc1NC(=S)NCCN1CCC(n2c(=O)[nH]c3ccccc32)CC1. The van der Waals surface area contributed by atoms with E-state index in [0.717, 1.165) is 61.5 Å². The van der Waals surface area contributed by atoms with Crippen LogP contribution in [0.25, 0.3) is 11.0 Å². The van der Waals surface area contributed by atoms with Crippen LogP contribution in [0.15, 0.2) is 53.3 Å². The van der Waals surface area contributed by atoms with Crippen LogP contribution in [0.2, 0.25) is 0 Å². The zero-order valence-corrected chi connectivity index (χ0v) is 17.9. The van der Waals surface area contributed by atoms with Gasteiger partial charge < -0.3 is 25.3 Å². The molecule has 8 heteroatoms. The van der Waals surface area contributed by atoms with Crippen LogP contribution in [0.1, 0.15) is 18.9 Å². The van der Waals surface area contributed by atoms with Crippen LogP contribution in [-0.2, 0) is 0 Å². The number of hydrogen-bond acceptors (Lipinski definition) is 4. The lowest BCUT2D eigenvalue weighted by Gasteiger charge is -2.32. The summed E-state index contributed by atoms with van der Waals surface area (Å²) in [4.78, 5) is 17.8. The predicted molar refractivity (Wildman–Crippen MR) is 124 cm³/mol. The minimum Gasteiger partial charge on any atom is -0.495 e. The number of aromatic amines is 1. The van der Waals surface area contributed by atoms with Crippen molar-refractivity contribution in [3.63, 3.8) is 0 Å². The van der Waals surface area contributed by atoms with Gasteiger partial charge in [0.2, 0.25) is 0 Å². The fraction of sp³-hybridized carbons (Fsp3) is 0.364. The molecule has 30 heavy (non-hydrogen) atoms. The van der Waals surface area contributed by atoms with Gasteiger partial charge in [-0.2, -0.15) is 0 Å². The molecule has 1 aliphatic heterocycles. The maximum absolute atomic E-state index is 12.4. The van der Waals surface area contributed by atoms with Gasteiger partial charge in [0, 0.05) is 32.2 Å². The highest BCUT2D eigenvalue weighted by atomic mass is 32.1. The van der Waals surface area contributed by atoms with E-state index in [1.54, 1.807) is 7.11 Å². The van der Waals surface area contributed by atoms with E-state index in [-0.39, 0.29) is 11.7 Å². The third-order valence-electron chi connectivity index (χ3n) is 5.62. The van der Waals surface area contributed by atoms with Crippen molar-refractivity contribution in [2.75, 3.05) is 38.6 Å². The average molecular weight is 426 g/mol. The molecule has 2 aromatic carbocycles. The van der Waals surface area contributed by atoms with Crippen molar-refractivity contribution in [1.29, 1.82) is 0 Å². The number of imidazole rings is 1. The number of nitrogens with one attached hydrogen (secondary N) is 3. The number of thiocarbonyl (C=S) groups is 1. The quantitative estimate of drug-likeness (QED) is 0.528. The molecule has 1 aromatic heterocycles. The van der Waals surface area contributed by atoms with Gasteiger partial charge in [-0.25, -0.2) is 4.79 Å². The van der Waals surface area contributed by atoms with Crippen LogP contribution in [0.5, 0.6) is 5.75 Å². The molecule has 7 nitrogen and oxygen atoms in total. The Labute approximate surface area is 181 Å². The first-order valence-corrected chi connectivity index (χ1v) is 10.7. The molecule has 0 saturated carbocycles. The lowest BCUT2D eigenvalue weighted by molar-refractivity contribution is 0.189. The molecule has 158 valence electrons. The van der Waals surface area contributed by atoms with Crippen LogP contribution in [0, 0.1) is 0 Å². The van der Waals surface area contributed by atoms with Gasteiger partial charge in [-0.3, -0.25) is 4.57 Å². The smallest absolute Gasteiger partial charge is 0.326 e. The second-order valence-electron chi connectivity index (χ2n) is 7.47. The zero-order valence-electron chi connectivity index (χ0n) is 17.1. The number of likely N-dealkylation sites (tertiary alicyclic amines) is 1. The number of aromatic nitrogens is 2. The lowest BCUT2D eigenvalue weighted by atomic mass is 10.0. The Hall–Kier alpha value is -2.84. The number of rotatable bonds is 6. The molecule has 0 atom stereocenters. The first-order valence-electron chi connectivity index (χ1n) is 10.2. The summed E-state index contributed by atoms with van der Waals surface area (Å²) in [6.07, 6.45) is 1.93. The molecule has 4 rings (SSSR count). The van der Waals surface area contributed by atoms with Crippen molar-refractivity contribution in [2.24, 2.45) is 0 Å². The van der Waals surface area contributed by atoms with Crippen molar-refractivity contribution >= 4 is 34.1 Å². The van der Waals surface area contributed by atoms with Crippen LogP contribution in [0.4, 0.5) is 5.69 Å². The van der Waals surface area contributed by atoms with Gasteiger partial charge in [0.25, 0.3) is 0 Å². The van der Waals surface area contributed by atoms with Crippen LogP contribution in [-0.4, -0.2) is 52.9 Å². The van der Waals surface area contributed by atoms with Gasteiger partial charge in [0.1, 0.15) is 5.75 Å². The minimum absolute atomic E-state index is 0.0101. The fourth-order valence-corrected chi connectivity index (χ4v) is 4.29. The summed E-state index contributed by atoms with van der Waals surface area (Å²) in [7, 11) is 1.64. The number of H-pyrrole nitrogens is 1. The first kappa shape index (κ1) is 20.4. The lowest BCUT2D eigenvalue weighted by Crippen LogP contribution is -2.41. The van der Waals surface area contributed by atoms with Crippen molar-refractivity contribution in [3.8, 4) is 5.75 Å². The summed E-state index contributed by atoms with van der Waals surface area (Å²) >= 11 is 5.40. The van der Waals surface area contributed by atoms with Crippen molar-refractivity contribution in [2.45, 2.75) is 18.9 Å². The van der Waals surface area contributed by atoms with Crippen LogP contribution < -0.4 is 21.1 Å². The zero-order chi connectivity index (χ0) is 20.9. The number of anilines is 1. The molecule has 2 heterocycles. The summed E-state index contributed by atoms with van der Waals surface area (Å²) in [5.41, 5.74) is 2.74. The predicted octanol–water partition coefficient (Wildman–Crippen LogP) is 2.96. The largest absolute Gasteiger partial charge is 0.495 e. The van der Waals surface area contributed by atoms with E-state index >= 15 is 0 Å². The van der Waals surface area contributed by atoms with Gasteiger partial charge >= 0.3 is 5.69 Å². The Kier molecular flexibility index (Phi) is 6.35. The number of methoxy groups -OCH3 is 1. The Morgan fingerprint density at radius 1 is 1.17 bits per heavy atom. The highest BCUT2D eigenvalue weighted by Crippen LogP contribution is 2.25. The van der Waals surface area contributed by atoms with E-state index in [0.29, 0.717) is 5.11 Å². The number of ether oxygens (including phenoxy) is 1. The minimum atomic E-state index is -0.0101. The Balaban J connectivity index is 1.25. The summed E-state index contributed by atoms with van der Waals surface area (Å²) < 4.78 is 7.26. The summed E-state index contributed by atoms with van der Waals surface area (Å²) in [6.45, 7) is 3.60. The first-order chi connectivity index (χ1) is 14.7. The topological polar surface area (TPSA) is 74.3 Å².